The predicted molar refractivity (Wildman–Crippen MR) is 51.9 cm³/mol. The minimum Gasteiger partial charge on any atom is -0.395 e. The Bertz CT molecular complexity index is 381. The summed E-state index contributed by atoms with van der Waals surface area (Å²) in [5, 5.41) is 13.8. The van der Waals surface area contributed by atoms with Gasteiger partial charge in [-0.3, -0.25) is 4.40 Å². The molecule has 0 unspecified atom stereocenters. The van der Waals surface area contributed by atoms with Crippen LogP contribution in [0, 0.1) is 0 Å². The van der Waals surface area contributed by atoms with Gasteiger partial charge >= 0.3 is 0 Å². The van der Waals surface area contributed by atoms with Crippen molar-refractivity contribution < 1.29 is 5.11 Å². The summed E-state index contributed by atoms with van der Waals surface area (Å²) < 4.78 is 2.05. The fraction of sp³-hybridized carbons (Fsp3) is 0.375. The zero-order chi connectivity index (χ0) is 9.10. The number of hydrogen-bond donors (Lipinski definition) is 2. The van der Waals surface area contributed by atoms with Crippen molar-refractivity contribution >= 4 is 16.2 Å². The van der Waals surface area contributed by atoms with E-state index in [1.165, 1.54) is 5.69 Å². The molecular formula is C8H11N3OS. The Morgan fingerprint density at radius 2 is 2.54 bits per heavy atom. The molecule has 0 bridgehead atoms. The Kier molecular flexibility index (Phi) is 2.58. The van der Waals surface area contributed by atoms with Gasteiger partial charge in [0.05, 0.1) is 12.8 Å². The number of thiazole rings is 1. The van der Waals surface area contributed by atoms with Crippen LogP contribution >= 0.6 is 11.3 Å². The van der Waals surface area contributed by atoms with Gasteiger partial charge in [-0.25, -0.2) is 4.98 Å². The van der Waals surface area contributed by atoms with E-state index in [-0.39, 0.29) is 6.61 Å². The third-order valence-corrected chi connectivity index (χ3v) is 2.76. The summed E-state index contributed by atoms with van der Waals surface area (Å²) in [4.78, 5) is 5.20. The van der Waals surface area contributed by atoms with E-state index in [0.717, 1.165) is 11.4 Å². The van der Waals surface area contributed by atoms with Crippen molar-refractivity contribution in [2.45, 2.75) is 6.54 Å². The number of aliphatic hydroxyl groups is 1. The van der Waals surface area contributed by atoms with Crippen molar-refractivity contribution in [1.82, 2.24) is 14.7 Å². The highest BCUT2D eigenvalue weighted by atomic mass is 32.1. The van der Waals surface area contributed by atoms with E-state index < -0.39 is 0 Å². The van der Waals surface area contributed by atoms with Gasteiger partial charge in [0.15, 0.2) is 0 Å². The van der Waals surface area contributed by atoms with Gasteiger partial charge in [-0.2, -0.15) is 0 Å². The Morgan fingerprint density at radius 1 is 1.62 bits per heavy atom. The first kappa shape index (κ1) is 8.68. The first-order chi connectivity index (χ1) is 6.42. The summed E-state index contributed by atoms with van der Waals surface area (Å²) in [6, 6.07) is 0. The number of fused-ring (bicyclic) bond motifs is 1. The Labute approximate surface area is 79.8 Å². The molecule has 0 radical (unpaired) electrons. The smallest absolute Gasteiger partial charge is 0.119 e. The summed E-state index contributed by atoms with van der Waals surface area (Å²) in [7, 11) is 0. The molecule has 0 amide bonds. The molecule has 2 aromatic rings. The molecule has 0 aliphatic heterocycles. The van der Waals surface area contributed by atoms with Gasteiger partial charge in [-0.15, -0.1) is 11.3 Å². The van der Waals surface area contributed by atoms with Crippen LogP contribution in [0.2, 0.25) is 0 Å². The van der Waals surface area contributed by atoms with Crippen molar-refractivity contribution in [3.05, 3.63) is 23.6 Å². The molecule has 0 spiro atoms. The molecule has 2 aromatic heterocycles. The maximum absolute atomic E-state index is 8.59. The van der Waals surface area contributed by atoms with Gasteiger partial charge in [-0.05, 0) is 0 Å². The highest BCUT2D eigenvalue weighted by molar-refractivity contribution is 7.15. The van der Waals surface area contributed by atoms with Crippen molar-refractivity contribution in [2.75, 3.05) is 13.2 Å². The maximum Gasteiger partial charge on any atom is 0.119 e. The molecule has 5 heteroatoms. The normalized spacial score (nSPS) is 11.2. The summed E-state index contributed by atoms with van der Waals surface area (Å²) in [5.41, 5.74) is 1.19. The van der Waals surface area contributed by atoms with Crippen LogP contribution in [0.15, 0.2) is 17.9 Å². The largest absolute Gasteiger partial charge is 0.395 e. The highest BCUT2D eigenvalue weighted by Gasteiger charge is 2.01. The second-order valence-corrected chi connectivity index (χ2v) is 3.62. The van der Waals surface area contributed by atoms with Crippen molar-refractivity contribution in [1.29, 1.82) is 0 Å². The van der Waals surface area contributed by atoms with Crippen molar-refractivity contribution in [2.24, 2.45) is 0 Å². The van der Waals surface area contributed by atoms with Crippen LogP contribution in [0.4, 0.5) is 0 Å². The number of hydrogen-bond acceptors (Lipinski definition) is 4. The molecular weight excluding hydrogens is 186 g/mol. The summed E-state index contributed by atoms with van der Waals surface area (Å²) in [6.45, 7) is 1.58. The lowest BCUT2D eigenvalue weighted by Gasteiger charge is -2.00. The first-order valence-corrected chi connectivity index (χ1v) is 5.00. The number of nitrogens with one attached hydrogen (secondary N) is 1. The van der Waals surface area contributed by atoms with Crippen LogP contribution in [0.25, 0.3) is 4.83 Å². The van der Waals surface area contributed by atoms with Crippen LogP contribution in [0.5, 0.6) is 0 Å². The zero-order valence-electron chi connectivity index (χ0n) is 7.10. The number of rotatable bonds is 4. The molecule has 4 nitrogen and oxygen atoms in total. The van der Waals surface area contributed by atoms with Crippen LogP contribution < -0.4 is 5.32 Å². The average molecular weight is 197 g/mol. The molecule has 2 N–H and O–H groups in total. The number of nitrogens with zero attached hydrogens (tertiary/aromatic N) is 2. The Balaban J connectivity index is 2.09. The SMILES string of the molecule is OCCNCc1csc2cncn12. The highest BCUT2D eigenvalue weighted by Crippen LogP contribution is 2.14. The number of aromatic nitrogens is 2. The molecule has 2 rings (SSSR count). The summed E-state index contributed by atoms with van der Waals surface area (Å²) in [6.07, 6.45) is 3.65. The van der Waals surface area contributed by atoms with E-state index in [9.17, 15) is 0 Å². The van der Waals surface area contributed by atoms with Gasteiger partial charge in [0.25, 0.3) is 0 Å². The lowest BCUT2D eigenvalue weighted by molar-refractivity contribution is 0.291. The van der Waals surface area contributed by atoms with E-state index in [4.69, 9.17) is 5.11 Å². The predicted octanol–water partition coefficient (Wildman–Crippen LogP) is 0.478. The Hall–Kier alpha value is -0.910. The second-order valence-electron chi connectivity index (χ2n) is 2.73. The number of imidazole rings is 1. The lowest BCUT2D eigenvalue weighted by atomic mass is 10.4. The molecule has 70 valence electrons. The third-order valence-electron chi connectivity index (χ3n) is 1.82. The third kappa shape index (κ3) is 1.72. The van der Waals surface area contributed by atoms with Gasteiger partial charge < -0.3 is 10.4 Å². The molecule has 0 saturated carbocycles. The quantitative estimate of drug-likeness (QED) is 0.701. The van der Waals surface area contributed by atoms with Crippen molar-refractivity contribution in [3.63, 3.8) is 0 Å². The fourth-order valence-electron chi connectivity index (χ4n) is 1.19. The molecule has 0 aliphatic rings. The molecule has 2 heterocycles. The van der Waals surface area contributed by atoms with Gasteiger partial charge in [0.2, 0.25) is 0 Å². The van der Waals surface area contributed by atoms with E-state index in [1.807, 2.05) is 12.5 Å². The Morgan fingerprint density at radius 3 is 3.38 bits per heavy atom. The second kappa shape index (κ2) is 3.87. The molecule has 0 atom stereocenters. The lowest BCUT2D eigenvalue weighted by Crippen LogP contribution is -2.18. The average Bonchev–Trinajstić information content (AvgIpc) is 2.68. The van der Waals surface area contributed by atoms with Gasteiger partial charge in [0, 0.05) is 24.2 Å². The standard InChI is InChI=1S/C8H11N3OS/c12-2-1-9-3-7-5-13-8-4-10-6-11(7)8/h4-6,9,12H,1-3H2. The summed E-state index contributed by atoms with van der Waals surface area (Å²) >= 11 is 1.68. The van der Waals surface area contributed by atoms with Gasteiger partial charge in [-0.1, -0.05) is 0 Å². The van der Waals surface area contributed by atoms with Crippen molar-refractivity contribution in [3.8, 4) is 0 Å². The first-order valence-electron chi connectivity index (χ1n) is 4.12. The topological polar surface area (TPSA) is 49.6 Å². The molecule has 0 saturated heterocycles. The molecule has 0 aliphatic carbocycles. The molecule has 0 aromatic carbocycles. The van der Waals surface area contributed by atoms with Gasteiger partial charge in [0.1, 0.15) is 11.2 Å². The van der Waals surface area contributed by atoms with E-state index in [2.05, 4.69) is 20.1 Å². The van der Waals surface area contributed by atoms with Crippen LogP contribution in [-0.2, 0) is 6.54 Å². The van der Waals surface area contributed by atoms with Crippen LogP contribution in [0.1, 0.15) is 5.69 Å². The minimum absolute atomic E-state index is 0.178. The molecule has 0 fully saturated rings. The van der Waals surface area contributed by atoms with Crippen LogP contribution in [-0.4, -0.2) is 27.6 Å². The minimum atomic E-state index is 0.178. The molecule has 13 heavy (non-hydrogen) atoms. The van der Waals surface area contributed by atoms with Crippen LogP contribution in [0.3, 0.4) is 0 Å². The monoisotopic (exact) mass is 197 g/mol. The summed E-state index contributed by atoms with van der Waals surface area (Å²) in [5.74, 6) is 0. The maximum atomic E-state index is 8.59. The fourth-order valence-corrected chi connectivity index (χ4v) is 2.05. The zero-order valence-corrected chi connectivity index (χ0v) is 7.92. The number of aliphatic hydroxyl groups excluding tert-OH is 1. The van der Waals surface area contributed by atoms with E-state index >= 15 is 0 Å². The van der Waals surface area contributed by atoms with E-state index in [0.29, 0.717) is 6.54 Å². The van der Waals surface area contributed by atoms with E-state index in [1.54, 1.807) is 11.3 Å².